The van der Waals surface area contributed by atoms with Crippen LogP contribution in [0.1, 0.15) is 23.3 Å². The predicted octanol–water partition coefficient (Wildman–Crippen LogP) is 0.0414. The molecule has 110 valence electrons. The van der Waals surface area contributed by atoms with Gasteiger partial charge in [0, 0.05) is 31.5 Å². The molecule has 0 saturated carbocycles. The molecule has 2 heterocycles. The molecule has 0 radical (unpaired) electrons. The van der Waals surface area contributed by atoms with E-state index in [4.69, 9.17) is 11.5 Å². The first-order valence-corrected chi connectivity index (χ1v) is 7.14. The number of amides is 1. The lowest BCUT2D eigenvalue weighted by atomic mass is 10.2. The Bertz CT molecular complexity index is 451. The topological polar surface area (TPSA) is 88.5 Å². The lowest BCUT2D eigenvalue weighted by Gasteiger charge is -2.23. The molecule has 0 unspecified atom stereocenters. The van der Waals surface area contributed by atoms with Gasteiger partial charge in [0.15, 0.2) is 0 Å². The largest absolute Gasteiger partial charge is 0.370 e. The van der Waals surface area contributed by atoms with Crippen molar-refractivity contribution < 1.29 is 4.79 Å². The molecule has 0 aromatic carbocycles. The lowest BCUT2D eigenvalue weighted by Crippen LogP contribution is -2.32. The van der Waals surface area contributed by atoms with Gasteiger partial charge in [-0.3, -0.25) is 9.78 Å². The van der Waals surface area contributed by atoms with E-state index in [1.807, 2.05) is 6.07 Å². The van der Waals surface area contributed by atoms with Crippen LogP contribution >= 0.6 is 0 Å². The van der Waals surface area contributed by atoms with Crippen LogP contribution in [0.15, 0.2) is 18.3 Å². The van der Waals surface area contributed by atoms with Gasteiger partial charge in [-0.25, -0.2) is 0 Å². The molecule has 2 rings (SSSR count). The Kier molecular flexibility index (Phi) is 5.31. The van der Waals surface area contributed by atoms with Crippen LogP contribution in [0.5, 0.6) is 0 Å². The van der Waals surface area contributed by atoms with Crippen LogP contribution in [0.3, 0.4) is 0 Å². The number of hydrogen-bond acceptors (Lipinski definition) is 5. The third kappa shape index (κ3) is 3.91. The minimum absolute atomic E-state index is 0.326. The van der Waals surface area contributed by atoms with Crippen LogP contribution in [0.25, 0.3) is 0 Å². The highest BCUT2D eigenvalue weighted by Gasteiger charge is 2.15. The number of rotatable bonds is 5. The average Bonchev–Trinajstić information content (AvgIpc) is 2.70. The second-order valence-corrected chi connectivity index (χ2v) is 5.09. The van der Waals surface area contributed by atoms with Crippen LogP contribution < -0.4 is 16.4 Å². The van der Waals surface area contributed by atoms with Gasteiger partial charge in [-0.1, -0.05) is 0 Å². The van der Waals surface area contributed by atoms with Crippen LogP contribution in [-0.4, -0.2) is 55.1 Å². The molecule has 6 nitrogen and oxygen atoms in total. The van der Waals surface area contributed by atoms with Crippen molar-refractivity contribution in [2.75, 3.05) is 44.2 Å². The molecule has 0 spiro atoms. The van der Waals surface area contributed by atoms with Crippen molar-refractivity contribution in [3.8, 4) is 0 Å². The molecule has 1 fully saturated rings. The Hall–Kier alpha value is -1.66. The summed E-state index contributed by atoms with van der Waals surface area (Å²) in [6.45, 7) is 5.87. The fourth-order valence-electron chi connectivity index (χ4n) is 2.52. The molecule has 1 aromatic heterocycles. The molecule has 0 aliphatic carbocycles. The highest BCUT2D eigenvalue weighted by molar-refractivity contribution is 5.91. The summed E-state index contributed by atoms with van der Waals surface area (Å²) in [7, 11) is 0. The molecule has 1 amide bonds. The molecular weight excluding hydrogens is 254 g/mol. The summed E-state index contributed by atoms with van der Waals surface area (Å²) in [6, 6.07) is 3.71. The Labute approximate surface area is 119 Å². The van der Waals surface area contributed by atoms with Crippen molar-refractivity contribution in [3.05, 3.63) is 24.0 Å². The zero-order valence-corrected chi connectivity index (χ0v) is 11.8. The fraction of sp³-hybridized carbons (Fsp3) is 0.571. The first-order valence-electron chi connectivity index (χ1n) is 7.14. The molecule has 1 aromatic rings. The number of aromatic nitrogens is 1. The summed E-state index contributed by atoms with van der Waals surface area (Å²) in [5, 5.41) is 0. The van der Waals surface area contributed by atoms with Crippen molar-refractivity contribution in [2.24, 2.45) is 11.5 Å². The van der Waals surface area contributed by atoms with Gasteiger partial charge >= 0.3 is 0 Å². The number of hydrogen-bond donors (Lipinski definition) is 2. The van der Waals surface area contributed by atoms with Gasteiger partial charge in [-0.2, -0.15) is 0 Å². The number of nitrogens with two attached hydrogens (primary N) is 2. The summed E-state index contributed by atoms with van der Waals surface area (Å²) in [5.41, 5.74) is 12.2. The van der Waals surface area contributed by atoms with Crippen molar-refractivity contribution >= 4 is 11.6 Å². The van der Waals surface area contributed by atoms with E-state index in [1.54, 1.807) is 12.3 Å². The van der Waals surface area contributed by atoms with E-state index in [0.717, 1.165) is 57.8 Å². The second kappa shape index (κ2) is 7.21. The summed E-state index contributed by atoms with van der Waals surface area (Å²) >= 11 is 0. The highest BCUT2D eigenvalue weighted by Crippen LogP contribution is 2.17. The maximum Gasteiger partial charge on any atom is 0.267 e. The summed E-state index contributed by atoms with van der Waals surface area (Å²) in [5.74, 6) is -0.480. The van der Waals surface area contributed by atoms with Gasteiger partial charge in [0.25, 0.3) is 5.91 Å². The SMILES string of the molecule is NCCCN1CCCN(c2ccnc(C(N)=O)c2)CC1. The molecule has 1 aliphatic heterocycles. The van der Waals surface area contributed by atoms with Crippen molar-refractivity contribution in [1.82, 2.24) is 9.88 Å². The van der Waals surface area contributed by atoms with Gasteiger partial charge in [0.05, 0.1) is 0 Å². The third-order valence-corrected chi connectivity index (χ3v) is 3.63. The summed E-state index contributed by atoms with van der Waals surface area (Å²) in [4.78, 5) is 19.9. The number of pyridine rings is 1. The molecular formula is C14H23N5O. The first kappa shape index (κ1) is 14.7. The minimum Gasteiger partial charge on any atom is -0.370 e. The molecule has 20 heavy (non-hydrogen) atoms. The Balaban J connectivity index is 1.99. The number of nitrogens with zero attached hydrogens (tertiary/aromatic N) is 3. The van der Waals surface area contributed by atoms with Gasteiger partial charge in [0.1, 0.15) is 5.69 Å². The smallest absolute Gasteiger partial charge is 0.267 e. The van der Waals surface area contributed by atoms with Crippen LogP contribution in [-0.2, 0) is 0 Å². The molecule has 1 saturated heterocycles. The molecule has 4 N–H and O–H groups in total. The monoisotopic (exact) mass is 277 g/mol. The van der Waals surface area contributed by atoms with Gasteiger partial charge in [-0.15, -0.1) is 0 Å². The van der Waals surface area contributed by atoms with Crippen molar-refractivity contribution in [3.63, 3.8) is 0 Å². The second-order valence-electron chi connectivity index (χ2n) is 5.09. The Morgan fingerprint density at radius 1 is 1.30 bits per heavy atom. The lowest BCUT2D eigenvalue weighted by molar-refractivity contribution is 0.0995. The van der Waals surface area contributed by atoms with Crippen LogP contribution in [0, 0.1) is 0 Å². The van der Waals surface area contributed by atoms with Crippen LogP contribution in [0.4, 0.5) is 5.69 Å². The predicted molar refractivity (Wildman–Crippen MR) is 79.7 cm³/mol. The van der Waals surface area contributed by atoms with Gasteiger partial charge in [-0.05, 0) is 44.6 Å². The number of anilines is 1. The minimum atomic E-state index is -0.480. The van der Waals surface area contributed by atoms with E-state index >= 15 is 0 Å². The van der Waals surface area contributed by atoms with Gasteiger partial charge in [0.2, 0.25) is 0 Å². The average molecular weight is 277 g/mol. The van der Waals surface area contributed by atoms with Crippen molar-refractivity contribution in [2.45, 2.75) is 12.8 Å². The molecule has 6 heteroatoms. The van der Waals surface area contributed by atoms with Gasteiger partial charge < -0.3 is 21.3 Å². The fourth-order valence-corrected chi connectivity index (χ4v) is 2.52. The molecule has 1 aliphatic rings. The Morgan fingerprint density at radius 2 is 2.15 bits per heavy atom. The molecule has 0 atom stereocenters. The van der Waals surface area contributed by atoms with E-state index in [0.29, 0.717) is 5.69 Å². The maximum atomic E-state index is 11.2. The normalized spacial score (nSPS) is 16.9. The third-order valence-electron chi connectivity index (χ3n) is 3.63. The number of primary amides is 1. The zero-order chi connectivity index (χ0) is 14.4. The van der Waals surface area contributed by atoms with Crippen molar-refractivity contribution in [1.29, 1.82) is 0 Å². The number of carbonyl (C=O) groups excluding carboxylic acids is 1. The maximum absolute atomic E-state index is 11.2. The zero-order valence-electron chi connectivity index (χ0n) is 11.8. The quantitative estimate of drug-likeness (QED) is 0.793. The van der Waals surface area contributed by atoms with E-state index in [9.17, 15) is 4.79 Å². The highest BCUT2D eigenvalue weighted by atomic mass is 16.1. The van der Waals surface area contributed by atoms with E-state index in [-0.39, 0.29) is 0 Å². The van der Waals surface area contributed by atoms with E-state index < -0.39 is 5.91 Å². The molecule has 0 bridgehead atoms. The first-order chi connectivity index (χ1) is 9.70. The van der Waals surface area contributed by atoms with Crippen LogP contribution in [0.2, 0.25) is 0 Å². The van der Waals surface area contributed by atoms with E-state index in [2.05, 4.69) is 14.8 Å². The number of carbonyl (C=O) groups is 1. The summed E-state index contributed by atoms with van der Waals surface area (Å²) in [6.07, 6.45) is 3.80. The Morgan fingerprint density at radius 3 is 2.90 bits per heavy atom. The van der Waals surface area contributed by atoms with E-state index in [1.165, 1.54) is 0 Å². The standard InChI is InChI=1S/C14H23N5O/c15-4-1-6-18-7-2-8-19(10-9-18)12-3-5-17-13(11-12)14(16)20/h3,5,11H,1-2,4,6-10,15H2,(H2,16,20). The summed E-state index contributed by atoms with van der Waals surface area (Å²) < 4.78 is 0.